The number of rotatable bonds is 10. The summed E-state index contributed by atoms with van der Waals surface area (Å²) in [6, 6.07) is 13.4. The number of nitrogens with one attached hydrogen (secondary N) is 2. The van der Waals surface area contributed by atoms with Crippen LogP contribution in [0.25, 0.3) is 10.9 Å². The van der Waals surface area contributed by atoms with E-state index in [9.17, 15) is 4.79 Å². The van der Waals surface area contributed by atoms with Crippen LogP contribution in [0, 0.1) is 0 Å². The monoisotopic (exact) mass is 511 g/mol. The third-order valence-electron chi connectivity index (χ3n) is 6.36. The molecule has 1 fully saturated rings. The van der Waals surface area contributed by atoms with E-state index >= 15 is 0 Å². The smallest absolute Gasteiger partial charge is 0.253 e. The van der Waals surface area contributed by atoms with Crippen molar-refractivity contribution >= 4 is 28.2 Å². The van der Waals surface area contributed by atoms with Crippen molar-refractivity contribution < 1.29 is 18.9 Å². The SMILES string of the molecule is COc1ccc2[nH]c(=O)c(CN(C[C@H]3CCCO3)C(=S)NCCc3ccc(OC)c(OC)c3)cc2c1. The average Bonchev–Trinajstić information content (AvgIpc) is 3.41. The number of hydrogen-bond donors (Lipinski definition) is 2. The molecule has 3 aromatic rings. The number of pyridine rings is 1. The first-order valence-corrected chi connectivity index (χ1v) is 12.5. The van der Waals surface area contributed by atoms with Gasteiger partial charge in [0.05, 0.1) is 34.0 Å². The Morgan fingerprint density at radius 1 is 1.11 bits per heavy atom. The fraction of sp³-hybridized carbons (Fsp3) is 0.407. The van der Waals surface area contributed by atoms with Crippen molar-refractivity contribution in [2.45, 2.75) is 31.9 Å². The van der Waals surface area contributed by atoms with E-state index in [-0.39, 0.29) is 11.7 Å². The van der Waals surface area contributed by atoms with Crippen molar-refractivity contribution in [3.63, 3.8) is 0 Å². The van der Waals surface area contributed by atoms with Gasteiger partial charge in [-0.2, -0.15) is 0 Å². The summed E-state index contributed by atoms with van der Waals surface area (Å²) in [5.74, 6) is 2.14. The molecule has 8 nitrogen and oxygen atoms in total. The van der Waals surface area contributed by atoms with Gasteiger partial charge in [-0.25, -0.2) is 0 Å². The summed E-state index contributed by atoms with van der Waals surface area (Å²) in [7, 11) is 4.88. The van der Waals surface area contributed by atoms with Crippen LogP contribution in [0.3, 0.4) is 0 Å². The van der Waals surface area contributed by atoms with Gasteiger partial charge in [-0.3, -0.25) is 4.79 Å². The molecule has 0 unspecified atom stereocenters. The summed E-state index contributed by atoms with van der Waals surface area (Å²) in [6.45, 7) is 2.40. The van der Waals surface area contributed by atoms with Gasteiger partial charge in [-0.05, 0) is 73.4 Å². The first-order valence-electron chi connectivity index (χ1n) is 12.1. The lowest BCUT2D eigenvalue weighted by molar-refractivity contribution is 0.0897. The summed E-state index contributed by atoms with van der Waals surface area (Å²) < 4.78 is 21.9. The molecule has 192 valence electrons. The number of fused-ring (bicyclic) bond motifs is 1. The molecule has 0 spiro atoms. The Hall–Kier alpha value is -3.30. The van der Waals surface area contributed by atoms with Gasteiger partial charge in [0.25, 0.3) is 5.56 Å². The second-order valence-corrected chi connectivity index (χ2v) is 9.15. The Bertz CT molecular complexity index is 1260. The molecule has 1 atom stereocenters. The third-order valence-corrected chi connectivity index (χ3v) is 6.77. The quantitative estimate of drug-likeness (QED) is 0.399. The van der Waals surface area contributed by atoms with Crippen molar-refractivity contribution in [1.29, 1.82) is 0 Å². The van der Waals surface area contributed by atoms with Crippen LogP contribution in [0.4, 0.5) is 0 Å². The molecule has 2 heterocycles. The molecule has 1 saturated heterocycles. The summed E-state index contributed by atoms with van der Waals surface area (Å²) in [5, 5.41) is 4.87. The molecule has 0 bridgehead atoms. The van der Waals surface area contributed by atoms with E-state index in [4.69, 9.17) is 31.2 Å². The number of aromatic nitrogens is 1. The fourth-order valence-corrected chi connectivity index (χ4v) is 4.64. The molecule has 0 amide bonds. The number of nitrogens with zero attached hydrogens (tertiary/aromatic N) is 1. The molecule has 2 N–H and O–H groups in total. The van der Waals surface area contributed by atoms with Gasteiger partial charge >= 0.3 is 0 Å². The molecule has 36 heavy (non-hydrogen) atoms. The highest BCUT2D eigenvalue weighted by molar-refractivity contribution is 7.80. The fourth-order valence-electron chi connectivity index (χ4n) is 4.40. The second-order valence-electron chi connectivity index (χ2n) is 8.76. The number of thiocarbonyl (C=S) groups is 1. The van der Waals surface area contributed by atoms with Crippen molar-refractivity contribution in [3.8, 4) is 17.2 Å². The van der Waals surface area contributed by atoms with Crippen molar-refractivity contribution in [1.82, 2.24) is 15.2 Å². The average molecular weight is 512 g/mol. The van der Waals surface area contributed by atoms with E-state index in [2.05, 4.69) is 10.3 Å². The van der Waals surface area contributed by atoms with Gasteiger partial charge in [0.1, 0.15) is 5.75 Å². The molecular weight excluding hydrogens is 478 g/mol. The molecule has 0 saturated carbocycles. The van der Waals surface area contributed by atoms with Crippen LogP contribution >= 0.6 is 12.2 Å². The molecule has 4 rings (SSSR count). The standard InChI is InChI=1S/C27H33N3O5S/c1-32-21-7-8-23-19(15-21)14-20(26(31)29-23)16-30(17-22-5-4-12-35-22)27(36)28-11-10-18-6-9-24(33-2)25(13-18)34-3/h6-9,13-15,22H,4-5,10-12,16-17H2,1-3H3,(H,28,36)(H,29,31)/t22-/m1/s1. The zero-order valence-electron chi connectivity index (χ0n) is 21.0. The summed E-state index contributed by atoms with van der Waals surface area (Å²) >= 11 is 5.77. The lowest BCUT2D eigenvalue weighted by Crippen LogP contribution is -2.44. The zero-order chi connectivity index (χ0) is 25.5. The van der Waals surface area contributed by atoms with Gasteiger partial charge in [-0.15, -0.1) is 0 Å². The van der Waals surface area contributed by atoms with Gasteiger partial charge in [0.15, 0.2) is 16.6 Å². The minimum Gasteiger partial charge on any atom is -0.497 e. The van der Waals surface area contributed by atoms with Gasteiger partial charge < -0.3 is 34.1 Å². The highest BCUT2D eigenvalue weighted by Gasteiger charge is 2.22. The molecular formula is C27H33N3O5S. The van der Waals surface area contributed by atoms with E-state index in [1.807, 2.05) is 47.4 Å². The Morgan fingerprint density at radius 2 is 1.94 bits per heavy atom. The molecule has 1 aliphatic heterocycles. The second kappa shape index (κ2) is 12.1. The first-order chi connectivity index (χ1) is 17.5. The summed E-state index contributed by atoms with van der Waals surface area (Å²) in [5.41, 5.74) is 2.38. The van der Waals surface area contributed by atoms with Crippen LogP contribution in [-0.2, 0) is 17.7 Å². The molecule has 9 heteroatoms. The van der Waals surface area contributed by atoms with Crippen LogP contribution < -0.4 is 25.1 Å². The van der Waals surface area contributed by atoms with Crippen LogP contribution in [-0.4, -0.2) is 62.1 Å². The van der Waals surface area contributed by atoms with E-state index < -0.39 is 0 Å². The van der Waals surface area contributed by atoms with Crippen molar-refractivity contribution in [2.24, 2.45) is 0 Å². The Labute approximate surface area is 216 Å². The number of aromatic amines is 1. The van der Waals surface area contributed by atoms with E-state index in [0.29, 0.717) is 41.8 Å². The molecule has 0 aliphatic carbocycles. The summed E-state index contributed by atoms with van der Waals surface area (Å²) in [4.78, 5) is 17.9. The number of H-pyrrole nitrogens is 1. The van der Waals surface area contributed by atoms with Gasteiger partial charge in [0.2, 0.25) is 0 Å². The predicted molar refractivity (Wildman–Crippen MR) is 144 cm³/mol. The Kier molecular flexibility index (Phi) is 8.66. The molecule has 2 aromatic carbocycles. The largest absolute Gasteiger partial charge is 0.497 e. The maximum atomic E-state index is 12.9. The predicted octanol–water partition coefficient (Wildman–Crippen LogP) is 3.65. The topological polar surface area (TPSA) is 85.1 Å². The molecule has 0 radical (unpaired) electrons. The van der Waals surface area contributed by atoms with Crippen LogP contribution in [0.5, 0.6) is 17.2 Å². The maximum Gasteiger partial charge on any atom is 0.253 e. The van der Waals surface area contributed by atoms with Crippen LogP contribution in [0.1, 0.15) is 24.0 Å². The van der Waals surface area contributed by atoms with Crippen LogP contribution in [0.15, 0.2) is 47.3 Å². The Morgan fingerprint density at radius 3 is 2.67 bits per heavy atom. The van der Waals surface area contributed by atoms with Gasteiger partial charge in [-0.1, -0.05) is 6.07 Å². The number of ether oxygens (including phenoxy) is 4. The highest BCUT2D eigenvalue weighted by Crippen LogP contribution is 2.27. The zero-order valence-corrected chi connectivity index (χ0v) is 21.8. The van der Waals surface area contributed by atoms with E-state index in [1.54, 1.807) is 21.3 Å². The Balaban J connectivity index is 1.47. The van der Waals surface area contributed by atoms with E-state index in [1.165, 1.54) is 0 Å². The van der Waals surface area contributed by atoms with Crippen molar-refractivity contribution in [3.05, 3.63) is 63.9 Å². The number of benzene rings is 2. The summed E-state index contributed by atoms with van der Waals surface area (Å²) in [6.07, 6.45) is 2.87. The lowest BCUT2D eigenvalue weighted by atomic mass is 10.1. The van der Waals surface area contributed by atoms with E-state index in [0.717, 1.165) is 48.1 Å². The minimum absolute atomic E-state index is 0.0928. The van der Waals surface area contributed by atoms with Crippen LogP contribution in [0.2, 0.25) is 0 Å². The van der Waals surface area contributed by atoms with Crippen molar-refractivity contribution in [2.75, 3.05) is 41.0 Å². The normalized spacial score (nSPS) is 15.0. The molecule has 1 aromatic heterocycles. The van der Waals surface area contributed by atoms with Gasteiger partial charge in [0, 0.05) is 36.2 Å². The lowest BCUT2D eigenvalue weighted by Gasteiger charge is -2.28. The third kappa shape index (κ3) is 6.27. The molecule has 1 aliphatic rings. The minimum atomic E-state index is -0.127. The maximum absolute atomic E-state index is 12.9. The highest BCUT2D eigenvalue weighted by atomic mass is 32.1. The number of hydrogen-bond acceptors (Lipinski definition) is 6. The first kappa shape index (κ1) is 25.8. The number of methoxy groups -OCH3 is 3.